The Morgan fingerprint density at radius 3 is 2.36 bits per heavy atom. The van der Waals surface area contributed by atoms with E-state index < -0.39 is 0 Å². The summed E-state index contributed by atoms with van der Waals surface area (Å²) in [4.78, 5) is 12.0. The van der Waals surface area contributed by atoms with Crippen LogP contribution in [0.4, 0.5) is 0 Å². The highest BCUT2D eigenvalue weighted by atomic mass is 32.2. The second-order valence-electron chi connectivity index (χ2n) is 4.89. The number of rotatable bonds is 7. The lowest BCUT2D eigenvalue weighted by Gasteiger charge is -2.11. The van der Waals surface area contributed by atoms with Gasteiger partial charge in [-0.15, -0.1) is 11.8 Å². The molecule has 0 aromatic heterocycles. The predicted octanol–water partition coefficient (Wildman–Crippen LogP) is 4.06. The summed E-state index contributed by atoms with van der Waals surface area (Å²) in [5.74, 6) is 1.43. The van der Waals surface area contributed by atoms with Gasteiger partial charge in [0.25, 0.3) is 0 Å². The number of methoxy groups -OCH3 is 1. The van der Waals surface area contributed by atoms with Crippen LogP contribution in [0.1, 0.15) is 18.1 Å². The molecule has 0 bridgehead atoms. The molecule has 2 aromatic carbocycles. The monoisotopic (exact) mass is 316 g/mol. The number of ether oxygens (including phenoxy) is 2. The predicted molar refractivity (Wildman–Crippen MR) is 90.0 cm³/mol. The number of esters is 1. The van der Waals surface area contributed by atoms with E-state index in [9.17, 15) is 4.79 Å². The largest absolute Gasteiger partial charge is 0.497 e. The van der Waals surface area contributed by atoms with Gasteiger partial charge in [-0.25, -0.2) is 0 Å². The van der Waals surface area contributed by atoms with Gasteiger partial charge in [0.15, 0.2) is 0 Å². The van der Waals surface area contributed by atoms with Crippen LogP contribution in [0.5, 0.6) is 5.75 Å². The van der Waals surface area contributed by atoms with Crippen LogP contribution in [0, 0.1) is 0 Å². The van der Waals surface area contributed by atoms with E-state index in [0.29, 0.717) is 6.61 Å². The van der Waals surface area contributed by atoms with Gasteiger partial charge < -0.3 is 9.47 Å². The van der Waals surface area contributed by atoms with Crippen molar-refractivity contribution < 1.29 is 14.3 Å². The Kier molecular flexibility index (Phi) is 6.34. The van der Waals surface area contributed by atoms with Gasteiger partial charge in [-0.2, -0.15) is 0 Å². The van der Waals surface area contributed by atoms with Gasteiger partial charge in [-0.3, -0.25) is 4.79 Å². The van der Waals surface area contributed by atoms with Crippen LogP contribution in [0.2, 0.25) is 0 Å². The van der Waals surface area contributed by atoms with E-state index in [1.807, 2.05) is 61.5 Å². The molecule has 2 aromatic rings. The van der Waals surface area contributed by atoms with Crippen LogP contribution in [-0.2, 0) is 21.9 Å². The molecule has 1 atom stereocenters. The molecule has 0 spiro atoms. The summed E-state index contributed by atoms with van der Waals surface area (Å²) in [5, 5.41) is -0.189. The van der Waals surface area contributed by atoms with E-state index in [-0.39, 0.29) is 11.2 Å². The summed E-state index contributed by atoms with van der Waals surface area (Å²) in [6, 6.07) is 17.6. The van der Waals surface area contributed by atoms with Crippen molar-refractivity contribution in [1.29, 1.82) is 0 Å². The molecule has 0 N–H and O–H groups in total. The number of hydrogen-bond donors (Lipinski definition) is 0. The molecule has 116 valence electrons. The zero-order valence-corrected chi connectivity index (χ0v) is 13.6. The molecule has 0 amide bonds. The minimum atomic E-state index is -0.189. The lowest BCUT2D eigenvalue weighted by Crippen LogP contribution is -2.17. The maximum absolute atomic E-state index is 12.0. The van der Waals surface area contributed by atoms with Gasteiger partial charge in [0.1, 0.15) is 12.4 Å². The second-order valence-corrected chi connectivity index (χ2v) is 6.22. The maximum atomic E-state index is 12.0. The third-order valence-corrected chi connectivity index (χ3v) is 4.41. The number of hydrogen-bond acceptors (Lipinski definition) is 4. The standard InChI is InChI=1S/C18H20O3S/c1-14(18(19)21-12-15-6-4-3-5-7-15)22-13-16-8-10-17(20-2)11-9-16/h3-11,14H,12-13H2,1-2H3. The quantitative estimate of drug-likeness (QED) is 0.722. The number of thioether (sulfide) groups is 1. The number of carbonyl (C=O) groups is 1. The minimum absolute atomic E-state index is 0.178. The van der Waals surface area contributed by atoms with Crippen LogP contribution in [0.3, 0.4) is 0 Å². The summed E-state index contributed by atoms with van der Waals surface area (Å²) in [5.41, 5.74) is 2.16. The molecule has 0 heterocycles. The summed E-state index contributed by atoms with van der Waals surface area (Å²) in [6.45, 7) is 2.20. The van der Waals surface area contributed by atoms with Crippen molar-refractivity contribution in [2.75, 3.05) is 7.11 Å². The third-order valence-electron chi connectivity index (χ3n) is 3.21. The number of benzene rings is 2. The molecule has 0 radical (unpaired) electrons. The molecule has 22 heavy (non-hydrogen) atoms. The average Bonchev–Trinajstić information content (AvgIpc) is 2.58. The van der Waals surface area contributed by atoms with Crippen LogP contribution in [-0.4, -0.2) is 18.3 Å². The zero-order chi connectivity index (χ0) is 15.8. The summed E-state index contributed by atoms with van der Waals surface area (Å²) < 4.78 is 10.5. The Morgan fingerprint density at radius 2 is 1.73 bits per heavy atom. The lowest BCUT2D eigenvalue weighted by atomic mass is 10.2. The average molecular weight is 316 g/mol. The normalized spacial score (nSPS) is 11.7. The van der Waals surface area contributed by atoms with Crippen molar-refractivity contribution in [2.24, 2.45) is 0 Å². The molecule has 0 saturated carbocycles. The lowest BCUT2D eigenvalue weighted by molar-refractivity contribution is -0.143. The van der Waals surface area contributed by atoms with E-state index in [4.69, 9.17) is 9.47 Å². The molecule has 1 unspecified atom stereocenters. The molecule has 0 aliphatic heterocycles. The SMILES string of the molecule is COc1ccc(CSC(C)C(=O)OCc2ccccc2)cc1. The number of carbonyl (C=O) groups excluding carboxylic acids is 1. The first kappa shape index (κ1) is 16.4. The Balaban J connectivity index is 1.76. The zero-order valence-electron chi connectivity index (χ0n) is 12.8. The molecule has 4 heteroatoms. The highest BCUT2D eigenvalue weighted by molar-refractivity contribution is 7.99. The molecule has 0 fully saturated rings. The topological polar surface area (TPSA) is 35.5 Å². The fraction of sp³-hybridized carbons (Fsp3) is 0.278. The molecule has 0 aliphatic carbocycles. The van der Waals surface area contributed by atoms with Crippen molar-refractivity contribution in [3.63, 3.8) is 0 Å². The van der Waals surface area contributed by atoms with Crippen molar-refractivity contribution >= 4 is 17.7 Å². The van der Waals surface area contributed by atoms with E-state index >= 15 is 0 Å². The van der Waals surface area contributed by atoms with Crippen LogP contribution < -0.4 is 4.74 Å². The van der Waals surface area contributed by atoms with E-state index in [1.54, 1.807) is 18.9 Å². The Labute approximate surface area is 135 Å². The highest BCUT2D eigenvalue weighted by Crippen LogP contribution is 2.21. The fourth-order valence-corrected chi connectivity index (χ4v) is 2.70. The van der Waals surface area contributed by atoms with Gasteiger partial charge in [-0.1, -0.05) is 42.5 Å². The van der Waals surface area contributed by atoms with Crippen molar-refractivity contribution in [1.82, 2.24) is 0 Å². The van der Waals surface area contributed by atoms with Crippen molar-refractivity contribution in [2.45, 2.75) is 24.5 Å². The smallest absolute Gasteiger partial charge is 0.319 e. The minimum Gasteiger partial charge on any atom is -0.497 e. The van der Waals surface area contributed by atoms with Gasteiger partial charge in [0, 0.05) is 5.75 Å². The molecule has 0 saturated heterocycles. The Hall–Kier alpha value is -1.94. The molecule has 0 aliphatic rings. The molecular weight excluding hydrogens is 296 g/mol. The first-order valence-electron chi connectivity index (χ1n) is 7.14. The van der Waals surface area contributed by atoms with Gasteiger partial charge in [0.2, 0.25) is 0 Å². The highest BCUT2D eigenvalue weighted by Gasteiger charge is 2.15. The van der Waals surface area contributed by atoms with E-state index in [1.165, 1.54) is 0 Å². The van der Waals surface area contributed by atoms with Gasteiger partial charge in [0.05, 0.1) is 12.4 Å². The van der Waals surface area contributed by atoms with Gasteiger partial charge in [-0.05, 0) is 30.2 Å². The molecule has 3 nitrogen and oxygen atoms in total. The fourth-order valence-electron chi connectivity index (χ4n) is 1.86. The van der Waals surface area contributed by atoms with Crippen molar-refractivity contribution in [3.05, 3.63) is 65.7 Å². The van der Waals surface area contributed by atoms with Crippen molar-refractivity contribution in [3.8, 4) is 5.75 Å². The summed E-state index contributed by atoms with van der Waals surface area (Å²) in [6.07, 6.45) is 0. The summed E-state index contributed by atoms with van der Waals surface area (Å²) in [7, 11) is 1.65. The third kappa shape index (κ3) is 5.11. The first-order valence-corrected chi connectivity index (χ1v) is 8.19. The van der Waals surface area contributed by atoms with Crippen LogP contribution in [0.15, 0.2) is 54.6 Å². The Morgan fingerprint density at radius 1 is 1.05 bits per heavy atom. The summed E-state index contributed by atoms with van der Waals surface area (Å²) >= 11 is 1.57. The van der Waals surface area contributed by atoms with Gasteiger partial charge >= 0.3 is 5.97 Å². The molecule has 2 rings (SSSR count). The van der Waals surface area contributed by atoms with E-state index in [0.717, 1.165) is 22.6 Å². The Bertz CT molecular complexity index is 581. The second kappa shape index (κ2) is 8.49. The molecular formula is C18H20O3S. The van der Waals surface area contributed by atoms with E-state index in [2.05, 4.69) is 0 Å². The first-order chi connectivity index (χ1) is 10.7. The van der Waals surface area contributed by atoms with Crippen LogP contribution >= 0.6 is 11.8 Å². The van der Waals surface area contributed by atoms with Crippen LogP contribution in [0.25, 0.3) is 0 Å². The maximum Gasteiger partial charge on any atom is 0.319 e.